The van der Waals surface area contributed by atoms with Crippen LogP contribution in [0.3, 0.4) is 0 Å². The summed E-state index contributed by atoms with van der Waals surface area (Å²) in [4.78, 5) is 83.1. The number of hydrogen-bond acceptors (Lipinski definition) is 24. The van der Waals surface area contributed by atoms with E-state index in [1.165, 1.54) is 21.2 Å². The van der Waals surface area contributed by atoms with Crippen molar-refractivity contribution in [1.29, 1.82) is 10.5 Å². The van der Waals surface area contributed by atoms with Gasteiger partial charge in [-0.3, -0.25) is 37.9 Å². The second-order valence-corrected chi connectivity index (χ2v) is 20.2. The summed E-state index contributed by atoms with van der Waals surface area (Å²) >= 11 is 0. The molecule has 0 spiro atoms. The summed E-state index contributed by atoms with van der Waals surface area (Å²) in [6, 6.07) is 6.48. The van der Waals surface area contributed by atoms with Crippen LogP contribution in [0.5, 0.6) is 0 Å². The predicted octanol–water partition coefficient (Wildman–Crippen LogP) is 2.88. The highest BCUT2D eigenvalue weighted by molar-refractivity contribution is 7.79. The fraction of sp³-hybridized carbons (Fsp3) is 0.583. The van der Waals surface area contributed by atoms with E-state index in [0.29, 0.717) is 0 Å². The number of ether oxygens (including phenoxy) is 8. The maximum atomic E-state index is 12.8. The van der Waals surface area contributed by atoms with Gasteiger partial charge in [0.2, 0.25) is 11.2 Å². The molecule has 77 heavy (non-hydrogen) atoms. The Bertz CT molecular complexity index is 2920. The molecule has 0 amide bonds. The first-order valence-electron chi connectivity index (χ1n) is 24.9. The number of rotatable bonds is 16. The molecule has 0 aromatic carbocycles. The molecule has 2 aliphatic rings. The Kier molecular flexibility index (Phi) is 19.4. The number of carbonyl (C=O) groups is 6. The van der Waals surface area contributed by atoms with Gasteiger partial charge < -0.3 is 49.4 Å². The number of nitrogen functional groups attached to an aromatic ring is 2. The molecular formula is C48H64N10O18S. The lowest BCUT2D eigenvalue weighted by Crippen LogP contribution is -2.47. The van der Waals surface area contributed by atoms with Crippen molar-refractivity contribution < 1.29 is 86.9 Å². The van der Waals surface area contributed by atoms with E-state index in [1.54, 1.807) is 83.1 Å². The summed E-state index contributed by atoms with van der Waals surface area (Å²) in [5, 5.41) is 29.3. The highest BCUT2D eigenvalue weighted by Gasteiger charge is 2.64. The van der Waals surface area contributed by atoms with Gasteiger partial charge in [0.1, 0.15) is 61.2 Å². The molecule has 6 heterocycles. The van der Waals surface area contributed by atoms with Gasteiger partial charge in [0.25, 0.3) is 0 Å². The van der Waals surface area contributed by atoms with Gasteiger partial charge >= 0.3 is 46.2 Å². The monoisotopic (exact) mass is 1100 g/mol. The van der Waals surface area contributed by atoms with Crippen molar-refractivity contribution in [2.24, 2.45) is 35.5 Å². The van der Waals surface area contributed by atoms with E-state index in [2.05, 4.69) is 20.2 Å². The topological polar surface area (TPSA) is 411 Å². The second kappa shape index (κ2) is 25.5. The minimum atomic E-state index is -4.67. The van der Waals surface area contributed by atoms with Crippen molar-refractivity contribution >= 4 is 68.9 Å². The highest BCUT2D eigenvalue weighted by Crippen LogP contribution is 2.46. The first-order valence-corrected chi connectivity index (χ1v) is 25.3. The lowest BCUT2D eigenvalue weighted by Gasteiger charge is -2.29. The fourth-order valence-corrected chi connectivity index (χ4v) is 7.16. The van der Waals surface area contributed by atoms with Crippen molar-refractivity contribution in [2.75, 3.05) is 24.7 Å². The van der Waals surface area contributed by atoms with Crippen LogP contribution in [0.2, 0.25) is 0 Å². The highest BCUT2D eigenvalue weighted by atomic mass is 32.3. The molecule has 2 saturated heterocycles. The van der Waals surface area contributed by atoms with Gasteiger partial charge in [-0.25, -0.2) is 19.0 Å². The first-order chi connectivity index (χ1) is 36.7. The quantitative estimate of drug-likeness (QED) is 0.0711. The number of esters is 6. The van der Waals surface area contributed by atoms with E-state index in [0.717, 1.165) is 12.7 Å². The van der Waals surface area contributed by atoms with Gasteiger partial charge in [0.05, 0.1) is 49.6 Å². The van der Waals surface area contributed by atoms with E-state index in [9.17, 15) is 39.3 Å². The molecule has 0 saturated carbocycles. The molecule has 0 unspecified atom stereocenters. The molecule has 420 valence electrons. The smallest absolute Gasteiger partial charge is 0.394 e. The van der Waals surface area contributed by atoms with Gasteiger partial charge in [-0.15, -0.1) is 0 Å². The van der Waals surface area contributed by atoms with Gasteiger partial charge in [-0.1, -0.05) is 83.1 Å². The normalized spacial score (nSPS) is 23.3. The van der Waals surface area contributed by atoms with E-state index in [-0.39, 0.29) is 59.4 Å². The van der Waals surface area contributed by atoms with Crippen LogP contribution in [0.4, 0.5) is 11.6 Å². The number of fused-ring (bicyclic) bond motifs is 2. The zero-order valence-corrected chi connectivity index (χ0v) is 45.0. The van der Waals surface area contributed by atoms with Crippen molar-refractivity contribution in [3.05, 3.63) is 48.3 Å². The summed E-state index contributed by atoms with van der Waals surface area (Å²) in [6.07, 6.45) is -5.73. The number of carbonyl (C=O) groups excluding carboxylic acids is 6. The Morgan fingerprint density at radius 1 is 0.610 bits per heavy atom. The van der Waals surface area contributed by atoms with Crippen molar-refractivity contribution in [3.8, 4) is 12.1 Å². The third-order valence-electron chi connectivity index (χ3n) is 11.3. The number of hydrogen-bond donors (Lipinski definition) is 4. The lowest BCUT2D eigenvalue weighted by molar-refractivity contribution is -0.174. The van der Waals surface area contributed by atoms with Crippen molar-refractivity contribution in [1.82, 2.24) is 29.2 Å². The summed E-state index contributed by atoms with van der Waals surface area (Å²) < 4.78 is 96.6. The van der Waals surface area contributed by atoms with Crippen molar-refractivity contribution in [3.63, 3.8) is 0 Å². The SMILES string of the molecule is O=S(=O)(O)O.[2H]c1cc([C@]2(C#N)O[C@H](COC(=O)C(C)C)[C@@H](OC(=O)C(C)C)[C@H]2OC(=O)C(C)C)n2ncnc(N)c12.[2H]c1cc([C@]2(C#N)O[C@H](COC(=O)C(C)C)[C@@H](OC(=O)C(C)C)[C@H]2OC(=O)C(C)C)n2ncnc(N)c12. The fourth-order valence-electron chi connectivity index (χ4n) is 7.16. The number of nitrogens with zero attached hydrogens (tertiary/aromatic N) is 8. The summed E-state index contributed by atoms with van der Waals surface area (Å²) in [5.41, 5.74) is 7.90. The summed E-state index contributed by atoms with van der Waals surface area (Å²) in [5.74, 6) is -6.94. The largest absolute Gasteiger partial charge is 0.463 e. The molecule has 29 heteroatoms. The molecule has 8 atom stereocenters. The summed E-state index contributed by atoms with van der Waals surface area (Å²) in [6.45, 7) is 18.7. The van der Waals surface area contributed by atoms with Crippen LogP contribution in [-0.4, -0.2) is 132 Å². The van der Waals surface area contributed by atoms with Crippen LogP contribution in [0.25, 0.3) is 11.0 Å². The minimum absolute atomic E-state index is 0.00828. The summed E-state index contributed by atoms with van der Waals surface area (Å²) in [7, 11) is -4.67. The standard InChI is InChI=1S/2C24H31N5O7.H2O4S/c2*1-12(2)21(30)33-9-16-18(34-22(31)13(3)4)19(35-23(32)14(5)6)24(10-25,36-16)17-8-7-15-20(26)27-11-28-29(15)17;1-5(2,3)4/h2*7-8,11-14,16,18-19H,9H2,1-6H3,(H2,26,27,28);(H2,1,2,3,4)/t2*16-,18-,19-,24+;/m11./s1/i2*7D;. The van der Waals surface area contributed by atoms with Gasteiger partial charge in [-0.05, 0) is 24.2 Å². The molecule has 28 nitrogen and oxygen atoms in total. The third-order valence-corrected chi connectivity index (χ3v) is 11.3. The van der Waals surface area contributed by atoms with Crippen LogP contribution < -0.4 is 11.5 Å². The van der Waals surface area contributed by atoms with E-state index in [4.69, 9.17) is 69.6 Å². The number of anilines is 2. The molecule has 0 aliphatic carbocycles. The van der Waals surface area contributed by atoms with Crippen LogP contribution in [-0.2, 0) is 88.3 Å². The zero-order chi connectivity index (χ0) is 59.8. The van der Waals surface area contributed by atoms with Gasteiger partial charge in [0.15, 0.2) is 36.1 Å². The van der Waals surface area contributed by atoms with Crippen LogP contribution >= 0.6 is 0 Å². The van der Waals surface area contributed by atoms with Crippen LogP contribution in [0, 0.1) is 58.2 Å². The zero-order valence-electron chi connectivity index (χ0n) is 46.2. The molecule has 0 radical (unpaired) electrons. The minimum Gasteiger partial charge on any atom is -0.463 e. The van der Waals surface area contributed by atoms with E-state index >= 15 is 0 Å². The number of nitriles is 2. The molecule has 6 N–H and O–H groups in total. The molecule has 4 aromatic heterocycles. The Morgan fingerprint density at radius 3 is 1.17 bits per heavy atom. The van der Waals surface area contributed by atoms with Crippen LogP contribution in [0.15, 0.2) is 36.9 Å². The molecule has 2 fully saturated rings. The second-order valence-electron chi connectivity index (χ2n) is 19.3. The molecule has 4 aromatic rings. The van der Waals surface area contributed by atoms with Crippen LogP contribution in [0.1, 0.15) is 97.2 Å². The Hall–Kier alpha value is -7.57. The molecule has 0 bridgehead atoms. The number of nitrogens with two attached hydrogens (primary N) is 2. The molecular weight excluding hydrogens is 1040 g/mol. The maximum absolute atomic E-state index is 12.8. The predicted molar refractivity (Wildman–Crippen MR) is 264 cm³/mol. The molecule has 2 aliphatic heterocycles. The van der Waals surface area contributed by atoms with E-state index < -0.39 is 130 Å². The third kappa shape index (κ3) is 14.5. The average Bonchev–Trinajstić information content (AvgIpc) is 4.07. The average molecular weight is 1100 g/mol. The Morgan fingerprint density at radius 2 is 0.896 bits per heavy atom. The van der Waals surface area contributed by atoms with Crippen molar-refractivity contribution in [2.45, 2.75) is 131 Å². The first kappa shape index (κ1) is 58.7. The number of aromatic nitrogens is 6. The maximum Gasteiger partial charge on any atom is 0.394 e. The van der Waals surface area contributed by atoms with E-state index in [1.807, 2.05) is 12.1 Å². The lowest BCUT2D eigenvalue weighted by atomic mass is 9.91. The molecule has 6 rings (SSSR count). The Labute approximate surface area is 445 Å². The van der Waals surface area contributed by atoms with Gasteiger partial charge in [-0.2, -0.15) is 29.1 Å². The van der Waals surface area contributed by atoms with Gasteiger partial charge in [0, 0.05) is 0 Å². The Balaban J connectivity index is 0.000000313.